The number of ether oxygens (including phenoxy) is 1. The number of amides is 2. The molecule has 43 heteroatoms. The first kappa shape index (κ1) is 88.5. The van der Waals surface area contributed by atoms with Gasteiger partial charge in [-0.05, 0) is 232 Å². The van der Waals surface area contributed by atoms with Crippen molar-refractivity contribution in [1.29, 1.82) is 0 Å². The lowest BCUT2D eigenvalue weighted by Gasteiger charge is -2.25. The molecule has 0 saturated heterocycles. The van der Waals surface area contributed by atoms with Crippen LogP contribution in [0, 0.1) is 0 Å². The van der Waals surface area contributed by atoms with E-state index in [1.54, 1.807) is 24.3 Å². The quantitative estimate of drug-likeness (QED) is 0.00496. The van der Waals surface area contributed by atoms with Crippen LogP contribution in [0.1, 0.15) is 59.1 Å². The summed E-state index contributed by atoms with van der Waals surface area (Å²) < 4.78 is 150. The summed E-state index contributed by atoms with van der Waals surface area (Å²) in [4.78, 5) is 27.1. The van der Waals surface area contributed by atoms with Crippen LogP contribution in [0.4, 0.5) is 34.1 Å². The van der Waals surface area contributed by atoms with E-state index in [2.05, 4.69) is 106 Å². The van der Waals surface area contributed by atoms with Gasteiger partial charge in [-0.15, -0.1) is 0 Å². The van der Waals surface area contributed by atoms with Crippen molar-refractivity contribution in [3.8, 4) is 23.0 Å². The predicted molar refractivity (Wildman–Crippen MR) is 456 cm³/mol. The number of benzene rings is 8. The molecule has 0 aliphatic heterocycles. The van der Waals surface area contributed by atoms with Gasteiger partial charge in [0.05, 0.1) is 31.4 Å². The summed E-state index contributed by atoms with van der Waals surface area (Å²) in [6.07, 6.45) is 8.31. The van der Waals surface area contributed by atoms with Crippen molar-refractivity contribution in [1.82, 2.24) is 10.9 Å². The molecule has 8 aromatic rings. The highest BCUT2D eigenvalue weighted by molar-refractivity contribution is 9.11. The van der Waals surface area contributed by atoms with Crippen molar-refractivity contribution >= 4 is 279 Å². The Labute approximate surface area is 700 Å². The summed E-state index contributed by atoms with van der Waals surface area (Å²) >= 11 is 47.0. The van der Waals surface area contributed by atoms with E-state index in [1.165, 1.54) is 119 Å². The minimum absolute atomic E-state index is 0.0198. The highest BCUT2D eigenvalue weighted by atomic mass is 79.9. The average Bonchev–Trinajstić information content (AvgIpc) is 0.809. The lowest BCUT2D eigenvalue weighted by atomic mass is 10.1. The number of nitrogens with one attached hydrogen (secondary N) is 6. The molecule has 0 saturated carbocycles. The number of rotatable bonds is 30. The summed E-state index contributed by atoms with van der Waals surface area (Å²) in [5.41, 5.74) is 5.52. The van der Waals surface area contributed by atoms with E-state index in [-0.39, 0.29) is 143 Å². The first-order chi connectivity index (χ1) is 52.1. The highest BCUT2D eigenvalue weighted by Crippen LogP contribution is 2.42. The lowest BCUT2D eigenvalue weighted by Crippen LogP contribution is -2.41. The molecule has 8 rings (SSSR count). The fourth-order valence-corrected chi connectivity index (χ4v) is 16.3. The maximum absolute atomic E-state index is 13.2. The molecule has 0 aromatic heterocycles. The third kappa shape index (κ3) is 25.5. The largest absolute Gasteiger partial charge is 0.506 e. The number of hydrogen-bond donors (Lipinski definition) is 14. The number of anilines is 6. The predicted octanol–water partition coefficient (Wildman–Crippen LogP) is 14.7. The van der Waals surface area contributed by atoms with Gasteiger partial charge in [0.15, 0.2) is 10.2 Å². The van der Waals surface area contributed by atoms with Crippen LogP contribution in [0.25, 0.3) is 24.3 Å². The lowest BCUT2D eigenvalue weighted by molar-refractivity contribution is -0.120. The van der Waals surface area contributed by atoms with Gasteiger partial charge in [-0.3, -0.25) is 27.8 Å². The molecule has 0 spiro atoms. The Balaban J connectivity index is 0.820. The Morgan fingerprint density at radius 2 is 0.712 bits per heavy atom. The Hall–Kier alpha value is -8.02. The van der Waals surface area contributed by atoms with Crippen LogP contribution in [-0.4, -0.2) is 143 Å². The van der Waals surface area contributed by atoms with Crippen LogP contribution in [0.15, 0.2) is 181 Å². The van der Waals surface area contributed by atoms with Gasteiger partial charge in [-0.25, -0.2) is 10.9 Å². The number of phenolic OH excluding ortho intramolecular Hbond substituents is 4. The number of halogens is 6. The number of hydrogen-bond acceptors (Lipinski definition) is 21. The molecule has 0 radical (unpaired) electrons. The van der Waals surface area contributed by atoms with Crippen LogP contribution in [0.3, 0.4) is 0 Å². The Morgan fingerprint density at radius 3 is 1.00 bits per heavy atom. The summed E-state index contributed by atoms with van der Waals surface area (Å²) in [6.45, 7) is -0.512. The molecule has 0 bridgehead atoms. The Bertz CT molecular complexity index is 5270. The molecule has 0 aliphatic carbocycles. The molecule has 0 fully saturated rings. The van der Waals surface area contributed by atoms with Gasteiger partial charge in [0, 0.05) is 81.4 Å². The minimum atomic E-state index is -5.00. The highest BCUT2D eigenvalue weighted by Gasteiger charge is 2.25. The summed E-state index contributed by atoms with van der Waals surface area (Å²) in [5.74, 6) is -2.67. The van der Waals surface area contributed by atoms with Crippen molar-refractivity contribution in [2.24, 2.45) is 10.2 Å². The van der Waals surface area contributed by atoms with Crippen LogP contribution >= 0.6 is 136 Å². The van der Waals surface area contributed by atoms with Gasteiger partial charge in [0.1, 0.15) is 64.6 Å². The molecule has 584 valence electrons. The van der Waals surface area contributed by atoms with Crippen LogP contribution in [-0.2, 0) is 54.8 Å². The van der Waals surface area contributed by atoms with E-state index >= 15 is 0 Å². The number of phenols is 4. The van der Waals surface area contributed by atoms with E-state index < -0.39 is 85.0 Å². The average molecular weight is 1970 g/mol. The van der Waals surface area contributed by atoms with Crippen molar-refractivity contribution in [2.75, 3.05) is 57.4 Å². The second-order valence-electron chi connectivity index (χ2n) is 23.0. The molecule has 0 heterocycles. The topological polar surface area (TPSA) is 445 Å². The molecule has 0 aliphatic rings. The molecule has 0 atom stereocenters. The van der Waals surface area contributed by atoms with Gasteiger partial charge < -0.3 is 56.2 Å². The van der Waals surface area contributed by atoms with E-state index in [9.17, 15) is 81.9 Å². The molecule has 14 N–H and O–H groups in total. The van der Waals surface area contributed by atoms with E-state index in [0.717, 1.165) is 36.7 Å². The van der Waals surface area contributed by atoms with Gasteiger partial charge in [-0.2, -0.15) is 43.9 Å². The minimum Gasteiger partial charge on any atom is -0.506 e. The number of carbonyl (C=O) groups excluding carboxylic acids is 2. The molecule has 0 unspecified atom stereocenters. The molecule has 2 amide bonds. The maximum Gasteiger partial charge on any atom is 0.295 e. The maximum atomic E-state index is 13.2. The summed E-state index contributed by atoms with van der Waals surface area (Å²) in [7, 11) is -19.9. The SMILES string of the molecule is O=C(CN(C(=S)Nc1ccc(/C=C/c2ccc(NC(=S)CCCOCCCC(=S)Nc3ccc(/C=C/c4ccc(NC(=S)N(CC(=O)N/N=C\c5cc(Br)c(O)c(Br)c5O)c5ccc(Cl)cc5)cc4S(=O)(=O)O)c(S(=O)(=O)O)c3)cc2S(=O)(=O)O)c(S(=O)(=O)O)c1)c1ccc(Cl)cc1)N/N=C\c1cc(Br)c(O)c(Br)c1O. The van der Waals surface area contributed by atoms with Gasteiger partial charge in [0.2, 0.25) is 0 Å². The van der Waals surface area contributed by atoms with Crippen molar-refractivity contribution in [2.45, 2.75) is 45.3 Å². The van der Waals surface area contributed by atoms with Crippen LogP contribution in [0.5, 0.6) is 23.0 Å². The smallest absolute Gasteiger partial charge is 0.295 e. The van der Waals surface area contributed by atoms with Crippen LogP contribution in [0.2, 0.25) is 10.0 Å². The second-order valence-corrected chi connectivity index (χ2v) is 34.5. The van der Waals surface area contributed by atoms with E-state index in [1.807, 2.05) is 0 Å². The third-order valence-corrected chi connectivity index (χ3v) is 23.2. The van der Waals surface area contributed by atoms with Crippen LogP contribution < -0.4 is 41.9 Å². The number of aromatic hydroxyl groups is 4. The zero-order valence-electron chi connectivity index (χ0n) is 56.2. The molecule has 8 aromatic carbocycles. The van der Waals surface area contributed by atoms with Gasteiger partial charge >= 0.3 is 0 Å². The molecule has 111 heavy (non-hydrogen) atoms. The number of thiocarbonyl (C=S) groups is 4. The second kappa shape index (κ2) is 39.1. The fraction of sp³-hybridized carbons (Fsp3) is 0.118. The normalized spacial score (nSPS) is 12.0. The van der Waals surface area contributed by atoms with Crippen molar-refractivity contribution in [3.63, 3.8) is 0 Å². The van der Waals surface area contributed by atoms with Gasteiger partial charge in [-0.1, -0.05) is 96.2 Å². The number of hydrazone groups is 2. The third-order valence-electron chi connectivity index (χ3n) is 15.1. The zero-order valence-corrected chi connectivity index (χ0v) is 70.6. The molecular weight excluding hydrogens is 1910 g/mol. The van der Waals surface area contributed by atoms with Gasteiger partial charge in [0.25, 0.3) is 52.3 Å². The number of nitrogens with zero attached hydrogens (tertiary/aromatic N) is 4. The first-order valence-corrected chi connectivity index (χ1v) is 42.6. The zero-order chi connectivity index (χ0) is 81.4. The van der Waals surface area contributed by atoms with E-state index in [0.29, 0.717) is 34.3 Å². The molecular formula is C68H58Br4Cl2N10O19S8. The fourth-order valence-electron chi connectivity index (χ4n) is 9.79. The van der Waals surface area contributed by atoms with Crippen molar-refractivity contribution in [3.05, 3.63) is 195 Å². The Kier molecular flexibility index (Phi) is 31.2. The van der Waals surface area contributed by atoms with Crippen molar-refractivity contribution < 1.29 is 86.6 Å². The summed E-state index contributed by atoms with van der Waals surface area (Å²) in [5, 5.41) is 60.6. The number of carbonyl (C=O) groups is 2. The summed E-state index contributed by atoms with van der Waals surface area (Å²) in [6, 6.07) is 30.1. The molecule has 29 nitrogen and oxygen atoms in total. The first-order valence-electron chi connectivity index (χ1n) is 31.3. The Morgan fingerprint density at radius 1 is 0.423 bits per heavy atom. The van der Waals surface area contributed by atoms with E-state index in [4.69, 9.17) is 76.8 Å². The monoisotopic (exact) mass is 1960 g/mol. The standard InChI is InChI=1S/C68H58Br4Cl2N10O19S8/c69-51-27-41(63(87)61(71)65(51)89)33-75-81-57(85)35-83(49-21-13-43(73)14-22-49)67(106)79-47-19-11-39(55(31-47)110(97,98)99)7-5-37-9-17-45(29-53(37)108(91,92)93)77-59(104)3-1-25-103-26-2-4-60(105)78-46-18-10-38(54(30-46)109(94,95)96)6-8-40-12-20-48(32-56(40)111(100,101)102)80-68(107)84(50-23-15-44(74)16-24-50)36-58(86)82-76-34-42-28-52(70)66(90)62(72)64(42)88/h5-24,27-34,87-90H,1-4,25-26,35-36H2,(H,77,104)(H,78,105)(H,79,106)(H,80,107)(H,81,85)(H,82,86)(H,91,92,93)(H,94,95,96)(H,97,98,99)(H,100,101,102)/b7-5+,8-6+,75-33-,76-34-.